The van der Waals surface area contributed by atoms with Crippen LogP contribution >= 0.6 is 0 Å². The first kappa shape index (κ1) is 20.5. The molecule has 0 radical (unpaired) electrons. The zero-order valence-corrected chi connectivity index (χ0v) is 17.3. The monoisotopic (exact) mass is 402 g/mol. The quantitative estimate of drug-likeness (QED) is 0.771. The van der Waals surface area contributed by atoms with Gasteiger partial charge in [0.25, 0.3) is 5.91 Å². The number of aryl methyl sites for hydroxylation is 2. The summed E-state index contributed by atoms with van der Waals surface area (Å²) in [5.74, 6) is -0.0767. The molecule has 28 heavy (non-hydrogen) atoms. The van der Waals surface area contributed by atoms with Crippen LogP contribution in [0.4, 0.5) is 0 Å². The fourth-order valence-corrected chi connectivity index (χ4v) is 4.76. The molecule has 2 aromatic rings. The van der Waals surface area contributed by atoms with Crippen molar-refractivity contribution in [1.82, 2.24) is 9.21 Å². The number of carbonyl (C=O) groups excluding carboxylic acids is 1. The molecule has 0 atom stereocenters. The van der Waals surface area contributed by atoms with Gasteiger partial charge >= 0.3 is 0 Å². The molecule has 3 rings (SSSR count). The van der Waals surface area contributed by atoms with Crippen LogP contribution in [-0.4, -0.2) is 56.8 Å². The minimum Gasteiger partial charge on any atom is -0.380 e. The van der Waals surface area contributed by atoms with Crippen molar-refractivity contribution in [2.45, 2.75) is 25.3 Å². The molecule has 1 aliphatic rings. The second kappa shape index (κ2) is 8.43. The molecule has 0 unspecified atom stereocenters. The predicted molar refractivity (Wildman–Crippen MR) is 108 cm³/mol. The highest BCUT2D eigenvalue weighted by Crippen LogP contribution is 2.21. The summed E-state index contributed by atoms with van der Waals surface area (Å²) in [7, 11) is -1.92. The zero-order chi connectivity index (χ0) is 20.3. The maximum atomic E-state index is 12.9. The number of carbonyl (C=O) groups is 1. The van der Waals surface area contributed by atoms with Crippen molar-refractivity contribution in [3.8, 4) is 0 Å². The number of benzene rings is 2. The predicted octanol–water partition coefficient (Wildman–Crippen LogP) is 2.60. The Labute approximate surface area is 166 Å². The number of hydrogen-bond donors (Lipinski definition) is 0. The summed E-state index contributed by atoms with van der Waals surface area (Å²) >= 11 is 0. The van der Waals surface area contributed by atoms with Gasteiger partial charge in [-0.1, -0.05) is 18.2 Å². The van der Waals surface area contributed by atoms with Crippen molar-refractivity contribution >= 4 is 15.9 Å². The Hall–Kier alpha value is -2.22. The third-order valence-electron chi connectivity index (χ3n) is 5.15. The lowest BCUT2D eigenvalue weighted by Crippen LogP contribution is -2.50. The van der Waals surface area contributed by atoms with Crippen molar-refractivity contribution in [3.05, 3.63) is 64.7 Å². The van der Waals surface area contributed by atoms with Crippen LogP contribution in [0.3, 0.4) is 0 Å². The maximum absolute atomic E-state index is 12.9. The molecule has 150 valence electrons. The molecule has 1 fully saturated rings. The lowest BCUT2D eigenvalue weighted by atomic mass is 10.1. The second-order valence-electron chi connectivity index (χ2n) is 7.07. The summed E-state index contributed by atoms with van der Waals surface area (Å²) in [6.07, 6.45) is 0. The molecule has 0 aromatic heterocycles. The SMILES string of the molecule is COCc1ccc(C(=O)N2CCN(S(=O)(=O)c3ccc(C)c(C)c3)CC2)cc1. The number of amides is 1. The van der Waals surface area contributed by atoms with Gasteiger partial charge in [-0.05, 0) is 54.8 Å². The van der Waals surface area contributed by atoms with Gasteiger partial charge in [-0.2, -0.15) is 4.31 Å². The van der Waals surface area contributed by atoms with Crippen LogP contribution in [0.2, 0.25) is 0 Å². The summed E-state index contributed by atoms with van der Waals surface area (Å²) in [6.45, 7) is 5.71. The fourth-order valence-electron chi connectivity index (χ4n) is 3.25. The van der Waals surface area contributed by atoms with Crippen LogP contribution in [0, 0.1) is 13.8 Å². The van der Waals surface area contributed by atoms with E-state index in [0.717, 1.165) is 16.7 Å². The summed E-state index contributed by atoms with van der Waals surface area (Å²) < 4.78 is 32.4. The van der Waals surface area contributed by atoms with Crippen LogP contribution in [0.25, 0.3) is 0 Å². The molecule has 6 nitrogen and oxygen atoms in total. The summed E-state index contributed by atoms with van der Waals surface area (Å²) in [5.41, 5.74) is 3.62. The third-order valence-corrected chi connectivity index (χ3v) is 7.05. The fraction of sp³-hybridized carbons (Fsp3) is 0.381. The lowest BCUT2D eigenvalue weighted by Gasteiger charge is -2.34. The van der Waals surface area contributed by atoms with Gasteiger partial charge in [0.1, 0.15) is 0 Å². The highest BCUT2D eigenvalue weighted by atomic mass is 32.2. The van der Waals surface area contributed by atoms with E-state index in [9.17, 15) is 13.2 Å². The Balaban J connectivity index is 1.66. The van der Waals surface area contributed by atoms with Crippen LogP contribution < -0.4 is 0 Å². The van der Waals surface area contributed by atoms with Crippen molar-refractivity contribution in [3.63, 3.8) is 0 Å². The van der Waals surface area contributed by atoms with E-state index in [-0.39, 0.29) is 5.91 Å². The van der Waals surface area contributed by atoms with Crippen LogP contribution in [0.5, 0.6) is 0 Å². The minimum absolute atomic E-state index is 0.0767. The molecular formula is C21H26N2O4S. The molecular weight excluding hydrogens is 376 g/mol. The van der Waals surface area contributed by atoms with Crippen LogP contribution in [-0.2, 0) is 21.4 Å². The van der Waals surface area contributed by atoms with E-state index in [2.05, 4.69) is 0 Å². The number of piperazine rings is 1. The maximum Gasteiger partial charge on any atom is 0.253 e. The van der Waals surface area contributed by atoms with E-state index in [0.29, 0.717) is 43.2 Å². The molecule has 1 saturated heterocycles. The first-order valence-corrected chi connectivity index (χ1v) is 10.7. The standard InChI is InChI=1S/C21H26N2O4S/c1-16-4-9-20(14-17(16)2)28(25,26)23-12-10-22(11-13-23)21(24)19-7-5-18(6-8-19)15-27-3/h4-9,14H,10-13,15H2,1-3H3. The Morgan fingerprint density at radius 1 is 0.964 bits per heavy atom. The van der Waals surface area contributed by atoms with Crippen molar-refractivity contribution < 1.29 is 17.9 Å². The van der Waals surface area contributed by atoms with Gasteiger partial charge in [-0.25, -0.2) is 8.42 Å². The summed E-state index contributed by atoms with van der Waals surface area (Å²) in [6, 6.07) is 12.5. The molecule has 0 saturated carbocycles. The molecule has 0 N–H and O–H groups in total. The van der Waals surface area contributed by atoms with Crippen LogP contribution in [0.1, 0.15) is 27.0 Å². The van der Waals surface area contributed by atoms with Gasteiger partial charge in [0.05, 0.1) is 11.5 Å². The van der Waals surface area contributed by atoms with Crippen molar-refractivity contribution in [2.75, 3.05) is 33.3 Å². The summed E-state index contributed by atoms with van der Waals surface area (Å²) in [4.78, 5) is 14.7. The van der Waals surface area contributed by atoms with Gasteiger partial charge < -0.3 is 9.64 Å². The number of nitrogens with zero attached hydrogens (tertiary/aromatic N) is 2. The van der Waals surface area contributed by atoms with E-state index >= 15 is 0 Å². The minimum atomic E-state index is -3.55. The second-order valence-corrected chi connectivity index (χ2v) is 9.01. The highest BCUT2D eigenvalue weighted by Gasteiger charge is 2.30. The Kier molecular flexibility index (Phi) is 6.17. The molecule has 0 aliphatic carbocycles. The molecule has 1 aliphatic heterocycles. The Morgan fingerprint density at radius 2 is 1.61 bits per heavy atom. The molecule has 0 bridgehead atoms. The number of hydrogen-bond acceptors (Lipinski definition) is 4. The van der Waals surface area contributed by atoms with E-state index in [1.165, 1.54) is 4.31 Å². The van der Waals surface area contributed by atoms with E-state index < -0.39 is 10.0 Å². The Morgan fingerprint density at radius 3 is 2.18 bits per heavy atom. The molecule has 0 spiro atoms. The number of sulfonamides is 1. The van der Waals surface area contributed by atoms with Crippen LogP contribution in [0.15, 0.2) is 47.4 Å². The van der Waals surface area contributed by atoms with Gasteiger partial charge in [-0.3, -0.25) is 4.79 Å². The van der Waals surface area contributed by atoms with E-state index in [4.69, 9.17) is 4.74 Å². The van der Waals surface area contributed by atoms with Gasteiger partial charge in [-0.15, -0.1) is 0 Å². The van der Waals surface area contributed by atoms with E-state index in [1.807, 2.05) is 32.0 Å². The average molecular weight is 403 g/mol. The summed E-state index contributed by atoms with van der Waals surface area (Å²) in [5, 5.41) is 0. The molecule has 1 amide bonds. The largest absolute Gasteiger partial charge is 0.380 e. The lowest BCUT2D eigenvalue weighted by molar-refractivity contribution is 0.0698. The third kappa shape index (κ3) is 4.27. The molecule has 1 heterocycles. The van der Waals surface area contributed by atoms with Gasteiger partial charge in [0.15, 0.2) is 0 Å². The smallest absolute Gasteiger partial charge is 0.253 e. The van der Waals surface area contributed by atoms with Gasteiger partial charge in [0, 0.05) is 38.9 Å². The number of rotatable bonds is 5. The van der Waals surface area contributed by atoms with E-state index in [1.54, 1.807) is 36.3 Å². The molecule has 2 aromatic carbocycles. The zero-order valence-electron chi connectivity index (χ0n) is 16.5. The Bertz CT molecular complexity index is 947. The first-order valence-electron chi connectivity index (χ1n) is 9.27. The average Bonchev–Trinajstić information content (AvgIpc) is 2.70. The van der Waals surface area contributed by atoms with Crippen molar-refractivity contribution in [1.29, 1.82) is 0 Å². The first-order chi connectivity index (χ1) is 13.3. The molecule has 7 heteroatoms. The van der Waals surface area contributed by atoms with Gasteiger partial charge in [0.2, 0.25) is 10.0 Å². The normalized spacial score (nSPS) is 15.6. The topological polar surface area (TPSA) is 66.9 Å². The van der Waals surface area contributed by atoms with Crippen molar-refractivity contribution in [2.24, 2.45) is 0 Å². The highest BCUT2D eigenvalue weighted by molar-refractivity contribution is 7.89. The number of ether oxygens (including phenoxy) is 1. The number of methoxy groups -OCH3 is 1.